The van der Waals surface area contributed by atoms with Gasteiger partial charge in [0, 0.05) is 32.7 Å². The van der Waals surface area contributed by atoms with Crippen molar-refractivity contribution < 1.29 is 9.53 Å². The van der Waals surface area contributed by atoms with Gasteiger partial charge in [-0.1, -0.05) is 6.92 Å². The first-order valence-corrected chi connectivity index (χ1v) is 8.07. The van der Waals surface area contributed by atoms with Gasteiger partial charge in [-0.2, -0.15) is 0 Å². The first-order valence-electron chi connectivity index (χ1n) is 8.07. The Hall–Kier alpha value is -0.650. The van der Waals surface area contributed by atoms with Crippen molar-refractivity contribution in [3.63, 3.8) is 0 Å². The zero-order chi connectivity index (χ0) is 14.4. The molecule has 2 aliphatic rings. The van der Waals surface area contributed by atoms with Crippen molar-refractivity contribution in [2.75, 3.05) is 45.9 Å². The molecule has 2 saturated heterocycles. The molecule has 1 N–H and O–H groups in total. The van der Waals surface area contributed by atoms with Gasteiger partial charge in [0.2, 0.25) is 5.91 Å². The molecule has 1 amide bonds. The Kier molecular flexibility index (Phi) is 6.26. The molecule has 0 radical (unpaired) electrons. The topological polar surface area (TPSA) is 44.8 Å². The van der Waals surface area contributed by atoms with Gasteiger partial charge in [0.15, 0.2) is 0 Å². The molecular formula is C15H29N3O2. The molecule has 0 spiro atoms. The maximum Gasteiger partial charge on any atom is 0.239 e. The number of piperidine rings is 1. The Morgan fingerprint density at radius 1 is 1.30 bits per heavy atom. The molecular weight excluding hydrogens is 254 g/mol. The Labute approximate surface area is 122 Å². The van der Waals surface area contributed by atoms with Crippen molar-refractivity contribution in [3.8, 4) is 0 Å². The van der Waals surface area contributed by atoms with Gasteiger partial charge < -0.3 is 15.0 Å². The standard InChI is InChI=1S/C15H29N3O2/c1-3-17-9-10-20-14(12-17)11-16-13(2)15(19)18-7-5-4-6-8-18/h13-14,16H,3-12H2,1-2H3. The van der Waals surface area contributed by atoms with Gasteiger partial charge in [0.25, 0.3) is 0 Å². The van der Waals surface area contributed by atoms with Gasteiger partial charge in [0.1, 0.15) is 0 Å². The molecule has 2 unspecified atom stereocenters. The van der Waals surface area contributed by atoms with E-state index in [0.29, 0.717) is 0 Å². The lowest BCUT2D eigenvalue weighted by atomic mass is 10.1. The number of nitrogens with zero attached hydrogens (tertiary/aromatic N) is 2. The highest BCUT2D eigenvalue weighted by molar-refractivity contribution is 5.81. The van der Waals surface area contributed by atoms with Crippen molar-refractivity contribution in [3.05, 3.63) is 0 Å². The van der Waals surface area contributed by atoms with E-state index in [1.165, 1.54) is 6.42 Å². The van der Waals surface area contributed by atoms with Gasteiger partial charge in [0.05, 0.1) is 18.8 Å². The zero-order valence-corrected chi connectivity index (χ0v) is 12.9. The first kappa shape index (κ1) is 15.7. The Morgan fingerprint density at radius 2 is 2.05 bits per heavy atom. The summed E-state index contributed by atoms with van der Waals surface area (Å²) in [4.78, 5) is 16.7. The smallest absolute Gasteiger partial charge is 0.239 e. The number of likely N-dealkylation sites (tertiary alicyclic amines) is 1. The summed E-state index contributed by atoms with van der Waals surface area (Å²) in [6.45, 7) is 10.6. The molecule has 5 nitrogen and oxygen atoms in total. The minimum atomic E-state index is -0.103. The lowest BCUT2D eigenvalue weighted by Crippen LogP contribution is -2.51. The Balaban J connectivity index is 1.70. The highest BCUT2D eigenvalue weighted by Crippen LogP contribution is 2.10. The third-order valence-corrected chi connectivity index (χ3v) is 4.36. The summed E-state index contributed by atoms with van der Waals surface area (Å²) in [5, 5.41) is 3.35. The molecule has 2 fully saturated rings. The number of likely N-dealkylation sites (N-methyl/N-ethyl adjacent to an activating group) is 1. The maximum atomic E-state index is 12.3. The molecule has 0 saturated carbocycles. The number of nitrogens with one attached hydrogen (secondary N) is 1. The number of hydrogen-bond donors (Lipinski definition) is 1. The minimum Gasteiger partial charge on any atom is -0.374 e. The fourth-order valence-electron chi connectivity index (χ4n) is 2.97. The Morgan fingerprint density at radius 3 is 2.75 bits per heavy atom. The summed E-state index contributed by atoms with van der Waals surface area (Å²) < 4.78 is 5.76. The fraction of sp³-hybridized carbons (Fsp3) is 0.933. The van der Waals surface area contributed by atoms with Crippen LogP contribution in [0, 0.1) is 0 Å². The summed E-state index contributed by atoms with van der Waals surface area (Å²) >= 11 is 0. The summed E-state index contributed by atoms with van der Waals surface area (Å²) in [5.41, 5.74) is 0. The zero-order valence-electron chi connectivity index (χ0n) is 12.9. The molecule has 116 valence electrons. The average molecular weight is 283 g/mol. The quantitative estimate of drug-likeness (QED) is 0.807. The van der Waals surface area contributed by atoms with Crippen molar-refractivity contribution in [1.82, 2.24) is 15.1 Å². The molecule has 2 heterocycles. The van der Waals surface area contributed by atoms with Crippen LogP contribution in [0.2, 0.25) is 0 Å². The summed E-state index contributed by atoms with van der Waals surface area (Å²) in [5.74, 6) is 0.243. The molecule has 2 aliphatic heterocycles. The van der Waals surface area contributed by atoms with Crippen LogP contribution in [0.1, 0.15) is 33.1 Å². The molecule has 0 aliphatic carbocycles. The fourth-order valence-corrected chi connectivity index (χ4v) is 2.97. The molecule has 20 heavy (non-hydrogen) atoms. The van der Waals surface area contributed by atoms with Gasteiger partial charge in [-0.25, -0.2) is 0 Å². The monoisotopic (exact) mass is 283 g/mol. The van der Waals surface area contributed by atoms with Crippen LogP contribution < -0.4 is 5.32 Å². The second-order valence-electron chi connectivity index (χ2n) is 5.90. The molecule has 2 atom stereocenters. The SMILES string of the molecule is CCN1CCOC(CNC(C)C(=O)N2CCCCC2)C1. The van der Waals surface area contributed by atoms with Crippen LogP contribution >= 0.6 is 0 Å². The van der Waals surface area contributed by atoms with Crippen molar-refractivity contribution in [2.45, 2.75) is 45.3 Å². The predicted molar refractivity (Wildman–Crippen MR) is 79.7 cm³/mol. The number of hydrogen-bond acceptors (Lipinski definition) is 4. The van der Waals surface area contributed by atoms with Crippen molar-refractivity contribution in [1.29, 1.82) is 0 Å². The van der Waals surface area contributed by atoms with Crippen molar-refractivity contribution >= 4 is 5.91 Å². The third kappa shape index (κ3) is 4.43. The van der Waals surface area contributed by atoms with Gasteiger partial charge >= 0.3 is 0 Å². The molecule has 0 bridgehead atoms. The van der Waals surface area contributed by atoms with Crippen LogP contribution in [-0.4, -0.2) is 73.7 Å². The van der Waals surface area contributed by atoms with Crippen LogP contribution in [0.5, 0.6) is 0 Å². The molecule has 0 aromatic carbocycles. The molecule has 5 heteroatoms. The van der Waals surface area contributed by atoms with E-state index in [1.807, 2.05) is 11.8 Å². The van der Waals surface area contributed by atoms with E-state index in [0.717, 1.165) is 58.7 Å². The first-order chi connectivity index (χ1) is 9.70. The van der Waals surface area contributed by atoms with E-state index in [-0.39, 0.29) is 18.1 Å². The lowest BCUT2D eigenvalue weighted by Gasteiger charge is -2.33. The van der Waals surface area contributed by atoms with Crippen LogP contribution in [-0.2, 0) is 9.53 Å². The third-order valence-electron chi connectivity index (χ3n) is 4.36. The van der Waals surface area contributed by atoms with Crippen LogP contribution in [0.4, 0.5) is 0 Å². The van der Waals surface area contributed by atoms with Gasteiger partial charge in [-0.15, -0.1) is 0 Å². The number of rotatable bonds is 5. The van der Waals surface area contributed by atoms with E-state index >= 15 is 0 Å². The summed E-state index contributed by atoms with van der Waals surface area (Å²) in [6, 6.07) is -0.103. The summed E-state index contributed by atoms with van der Waals surface area (Å²) in [6.07, 6.45) is 3.76. The van der Waals surface area contributed by atoms with E-state index in [9.17, 15) is 4.79 Å². The largest absolute Gasteiger partial charge is 0.374 e. The van der Waals surface area contributed by atoms with Crippen LogP contribution in [0.15, 0.2) is 0 Å². The molecule has 2 rings (SSSR count). The van der Waals surface area contributed by atoms with Crippen molar-refractivity contribution in [2.24, 2.45) is 0 Å². The number of amides is 1. The van der Waals surface area contributed by atoms with Gasteiger partial charge in [-0.3, -0.25) is 9.69 Å². The normalized spacial score (nSPS) is 26.5. The maximum absolute atomic E-state index is 12.3. The highest BCUT2D eigenvalue weighted by Gasteiger charge is 2.24. The number of carbonyl (C=O) groups excluding carboxylic acids is 1. The minimum absolute atomic E-state index is 0.103. The molecule has 0 aromatic heterocycles. The van der Waals surface area contributed by atoms with Crippen LogP contribution in [0.25, 0.3) is 0 Å². The number of morpholine rings is 1. The predicted octanol–water partition coefficient (Wildman–Crippen LogP) is 0.698. The summed E-state index contributed by atoms with van der Waals surface area (Å²) in [7, 11) is 0. The number of carbonyl (C=O) groups is 1. The van der Waals surface area contributed by atoms with E-state index in [2.05, 4.69) is 17.1 Å². The second kappa shape index (κ2) is 7.96. The number of ether oxygens (including phenoxy) is 1. The van der Waals surface area contributed by atoms with E-state index in [1.54, 1.807) is 0 Å². The van der Waals surface area contributed by atoms with Gasteiger partial charge in [-0.05, 0) is 32.7 Å². The average Bonchev–Trinajstić information content (AvgIpc) is 2.53. The lowest BCUT2D eigenvalue weighted by molar-refractivity contribution is -0.134. The Bertz CT molecular complexity index is 305. The second-order valence-corrected chi connectivity index (χ2v) is 5.90. The van der Waals surface area contributed by atoms with Crippen LogP contribution in [0.3, 0.4) is 0 Å². The molecule has 0 aromatic rings. The van der Waals surface area contributed by atoms with E-state index < -0.39 is 0 Å². The van der Waals surface area contributed by atoms with E-state index in [4.69, 9.17) is 4.74 Å². The highest BCUT2D eigenvalue weighted by atomic mass is 16.5.